The highest BCUT2D eigenvalue weighted by Crippen LogP contribution is 2.24. The molecule has 1 nitrogen and oxygen atoms in total. The summed E-state index contributed by atoms with van der Waals surface area (Å²) in [6.07, 6.45) is -0.269. The summed E-state index contributed by atoms with van der Waals surface area (Å²) in [6, 6.07) is 12.7. The summed E-state index contributed by atoms with van der Waals surface area (Å²) < 4.78 is 15.4. The van der Waals surface area contributed by atoms with Gasteiger partial charge in [0.2, 0.25) is 0 Å². The van der Waals surface area contributed by atoms with Gasteiger partial charge in [-0.3, -0.25) is 0 Å². The van der Waals surface area contributed by atoms with Crippen LogP contribution in [0.1, 0.15) is 5.56 Å². The largest absolute Gasteiger partial charge is 0.392 e. The van der Waals surface area contributed by atoms with Crippen molar-refractivity contribution in [1.29, 1.82) is 0 Å². The summed E-state index contributed by atoms with van der Waals surface area (Å²) in [7, 11) is 0. The van der Waals surface area contributed by atoms with E-state index in [1.165, 1.54) is 6.07 Å². The fourth-order valence-corrected chi connectivity index (χ4v) is 3.61. The van der Waals surface area contributed by atoms with Crippen molar-refractivity contribution >= 4 is 43.6 Å². The SMILES string of the molecule is OC(CSc1cccc(Br)c1)Cc1cc(Br)ccc1F. The number of hydrogen-bond donors (Lipinski definition) is 1. The Morgan fingerprint density at radius 3 is 2.60 bits per heavy atom. The van der Waals surface area contributed by atoms with Crippen molar-refractivity contribution in [3.05, 3.63) is 62.8 Å². The molecular formula is C15H13Br2FOS. The Labute approximate surface area is 138 Å². The van der Waals surface area contributed by atoms with E-state index in [0.717, 1.165) is 13.8 Å². The predicted molar refractivity (Wildman–Crippen MR) is 88.7 cm³/mol. The molecule has 2 aromatic rings. The number of rotatable bonds is 5. The van der Waals surface area contributed by atoms with E-state index in [2.05, 4.69) is 31.9 Å². The normalized spacial score (nSPS) is 12.4. The van der Waals surface area contributed by atoms with Crippen LogP contribution in [0, 0.1) is 5.82 Å². The van der Waals surface area contributed by atoms with Gasteiger partial charge in [-0.1, -0.05) is 37.9 Å². The van der Waals surface area contributed by atoms with Crippen LogP contribution in [-0.4, -0.2) is 17.0 Å². The molecule has 5 heteroatoms. The topological polar surface area (TPSA) is 20.2 Å². The third-order valence-electron chi connectivity index (χ3n) is 2.70. The lowest BCUT2D eigenvalue weighted by Gasteiger charge is -2.11. The Kier molecular flexibility index (Phi) is 6.08. The van der Waals surface area contributed by atoms with Crippen LogP contribution in [0.3, 0.4) is 0 Å². The maximum absolute atomic E-state index is 13.6. The number of benzene rings is 2. The van der Waals surface area contributed by atoms with Crippen molar-refractivity contribution < 1.29 is 9.50 Å². The molecule has 0 aliphatic heterocycles. The zero-order valence-electron chi connectivity index (χ0n) is 10.5. The molecule has 0 bridgehead atoms. The molecule has 0 amide bonds. The zero-order chi connectivity index (χ0) is 14.5. The molecule has 20 heavy (non-hydrogen) atoms. The van der Waals surface area contributed by atoms with Crippen molar-refractivity contribution in [3.63, 3.8) is 0 Å². The lowest BCUT2D eigenvalue weighted by molar-refractivity contribution is 0.198. The molecule has 0 aliphatic rings. The fourth-order valence-electron chi connectivity index (χ4n) is 1.76. The molecule has 0 radical (unpaired) electrons. The summed E-state index contributed by atoms with van der Waals surface area (Å²) in [5, 5.41) is 10.0. The van der Waals surface area contributed by atoms with Gasteiger partial charge in [0.05, 0.1) is 6.10 Å². The van der Waals surface area contributed by atoms with Gasteiger partial charge in [-0.15, -0.1) is 11.8 Å². The minimum absolute atomic E-state index is 0.278. The van der Waals surface area contributed by atoms with Gasteiger partial charge in [0.15, 0.2) is 0 Å². The van der Waals surface area contributed by atoms with Crippen LogP contribution in [-0.2, 0) is 6.42 Å². The van der Waals surface area contributed by atoms with E-state index in [4.69, 9.17) is 0 Å². The minimum Gasteiger partial charge on any atom is -0.392 e. The van der Waals surface area contributed by atoms with Crippen LogP contribution >= 0.6 is 43.6 Å². The Morgan fingerprint density at radius 2 is 1.85 bits per heavy atom. The zero-order valence-corrected chi connectivity index (χ0v) is 14.5. The second kappa shape index (κ2) is 7.59. The molecule has 0 saturated carbocycles. The Balaban J connectivity index is 1.92. The molecule has 1 N–H and O–H groups in total. The van der Waals surface area contributed by atoms with Crippen LogP contribution in [0.15, 0.2) is 56.3 Å². The number of aliphatic hydroxyl groups excluding tert-OH is 1. The lowest BCUT2D eigenvalue weighted by Crippen LogP contribution is -2.14. The summed E-state index contributed by atoms with van der Waals surface area (Å²) in [5.74, 6) is 0.252. The van der Waals surface area contributed by atoms with Gasteiger partial charge in [-0.2, -0.15) is 0 Å². The predicted octanol–water partition coefficient (Wildman–Crippen LogP) is 5.05. The second-order valence-electron chi connectivity index (χ2n) is 4.36. The third kappa shape index (κ3) is 4.88. The van der Waals surface area contributed by atoms with E-state index in [9.17, 15) is 9.50 Å². The summed E-state index contributed by atoms with van der Waals surface area (Å²) >= 11 is 8.28. The maximum Gasteiger partial charge on any atom is 0.126 e. The van der Waals surface area contributed by atoms with E-state index in [0.29, 0.717) is 17.7 Å². The van der Waals surface area contributed by atoms with E-state index in [1.54, 1.807) is 23.9 Å². The molecule has 0 spiro atoms. The average Bonchev–Trinajstić information content (AvgIpc) is 2.41. The molecule has 106 valence electrons. The molecule has 1 atom stereocenters. The first-order valence-corrected chi connectivity index (χ1v) is 8.62. The standard InChI is InChI=1S/C15H13Br2FOS/c16-11-2-1-3-14(8-11)20-9-13(19)7-10-6-12(17)4-5-15(10)18/h1-6,8,13,19H,7,9H2. The highest BCUT2D eigenvalue weighted by atomic mass is 79.9. The molecule has 0 fully saturated rings. The number of hydrogen-bond acceptors (Lipinski definition) is 2. The van der Waals surface area contributed by atoms with E-state index in [-0.39, 0.29) is 5.82 Å². The summed E-state index contributed by atoms with van der Waals surface area (Å²) in [4.78, 5) is 1.08. The van der Waals surface area contributed by atoms with E-state index >= 15 is 0 Å². The van der Waals surface area contributed by atoms with Crippen molar-refractivity contribution in [2.75, 3.05) is 5.75 Å². The van der Waals surface area contributed by atoms with E-state index in [1.807, 2.05) is 24.3 Å². The lowest BCUT2D eigenvalue weighted by atomic mass is 10.1. The first-order valence-electron chi connectivity index (χ1n) is 6.05. The van der Waals surface area contributed by atoms with Crippen LogP contribution in [0.2, 0.25) is 0 Å². The van der Waals surface area contributed by atoms with Gasteiger partial charge in [-0.05, 0) is 42.0 Å². The molecular weight excluding hydrogens is 407 g/mol. The monoisotopic (exact) mass is 418 g/mol. The fraction of sp³-hybridized carbons (Fsp3) is 0.200. The smallest absolute Gasteiger partial charge is 0.126 e. The maximum atomic E-state index is 13.6. The van der Waals surface area contributed by atoms with Crippen LogP contribution in [0.25, 0.3) is 0 Å². The number of thioether (sulfide) groups is 1. The first-order chi connectivity index (χ1) is 9.54. The summed E-state index contributed by atoms with van der Waals surface area (Å²) in [6.45, 7) is 0. The van der Waals surface area contributed by atoms with Gasteiger partial charge < -0.3 is 5.11 Å². The van der Waals surface area contributed by atoms with Crippen molar-refractivity contribution in [3.8, 4) is 0 Å². The highest BCUT2D eigenvalue weighted by Gasteiger charge is 2.10. The number of halogens is 3. The quantitative estimate of drug-likeness (QED) is 0.684. The van der Waals surface area contributed by atoms with Crippen molar-refractivity contribution in [1.82, 2.24) is 0 Å². The van der Waals surface area contributed by atoms with E-state index < -0.39 is 6.10 Å². The molecule has 0 aliphatic carbocycles. The van der Waals surface area contributed by atoms with Gasteiger partial charge in [0.25, 0.3) is 0 Å². The van der Waals surface area contributed by atoms with Crippen LogP contribution < -0.4 is 0 Å². The highest BCUT2D eigenvalue weighted by molar-refractivity contribution is 9.10. The molecule has 1 unspecified atom stereocenters. The van der Waals surface area contributed by atoms with Crippen LogP contribution in [0.5, 0.6) is 0 Å². The summed E-state index contributed by atoms with van der Waals surface area (Å²) in [5.41, 5.74) is 0.529. The van der Waals surface area contributed by atoms with Gasteiger partial charge in [-0.25, -0.2) is 4.39 Å². The minimum atomic E-state index is -0.581. The number of aliphatic hydroxyl groups is 1. The molecule has 0 aromatic heterocycles. The molecule has 2 rings (SSSR count). The van der Waals surface area contributed by atoms with Crippen LogP contribution in [0.4, 0.5) is 4.39 Å². The third-order valence-corrected chi connectivity index (χ3v) is 4.83. The Hall–Kier alpha value is -0.360. The van der Waals surface area contributed by atoms with Gasteiger partial charge in [0, 0.05) is 26.0 Å². The van der Waals surface area contributed by atoms with Gasteiger partial charge >= 0.3 is 0 Å². The molecule has 0 saturated heterocycles. The second-order valence-corrected chi connectivity index (χ2v) is 7.29. The Morgan fingerprint density at radius 1 is 1.10 bits per heavy atom. The van der Waals surface area contributed by atoms with Crippen molar-refractivity contribution in [2.24, 2.45) is 0 Å². The first kappa shape index (κ1) is 16.0. The molecule has 0 heterocycles. The average molecular weight is 420 g/mol. The van der Waals surface area contributed by atoms with Crippen molar-refractivity contribution in [2.45, 2.75) is 17.4 Å². The molecule has 2 aromatic carbocycles. The Bertz CT molecular complexity index is 592. The van der Waals surface area contributed by atoms with Gasteiger partial charge in [0.1, 0.15) is 5.82 Å².